The molecule has 3 rings (SSSR count). The lowest BCUT2D eigenvalue weighted by molar-refractivity contribution is 0.580. The van der Waals surface area contributed by atoms with Crippen molar-refractivity contribution in [2.24, 2.45) is 0 Å². The van der Waals surface area contributed by atoms with Crippen LogP contribution in [-0.2, 0) is 23.1 Å². The molecule has 0 atom stereocenters. The van der Waals surface area contributed by atoms with Gasteiger partial charge >= 0.3 is 0 Å². The van der Waals surface area contributed by atoms with Crippen LogP contribution in [0.4, 0.5) is 0 Å². The van der Waals surface area contributed by atoms with E-state index in [0.717, 1.165) is 11.3 Å². The summed E-state index contributed by atoms with van der Waals surface area (Å²) < 4.78 is 29.3. The van der Waals surface area contributed by atoms with E-state index in [1.54, 1.807) is 17.5 Å². The minimum atomic E-state index is -3.45. The van der Waals surface area contributed by atoms with Crippen LogP contribution in [0.1, 0.15) is 11.3 Å². The molecule has 23 heavy (non-hydrogen) atoms. The molecule has 0 fully saturated rings. The summed E-state index contributed by atoms with van der Waals surface area (Å²) in [7, 11) is -3.45. The minimum Gasteiger partial charge on any atom is -0.346 e. The molecule has 4 nitrogen and oxygen atoms in total. The van der Waals surface area contributed by atoms with Crippen molar-refractivity contribution in [3.05, 3.63) is 76.4 Å². The highest BCUT2D eigenvalue weighted by Crippen LogP contribution is 2.16. The maximum absolute atomic E-state index is 12.2. The number of nitrogens with zero attached hydrogens (tertiary/aromatic N) is 1. The second-order valence-corrected chi connectivity index (χ2v) is 8.39. The van der Waals surface area contributed by atoms with Crippen molar-refractivity contribution in [2.75, 3.05) is 0 Å². The molecule has 0 bridgehead atoms. The van der Waals surface area contributed by atoms with E-state index in [2.05, 4.69) is 4.72 Å². The van der Waals surface area contributed by atoms with Crippen LogP contribution in [0.3, 0.4) is 0 Å². The Bertz CT molecular complexity index is 869. The van der Waals surface area contributed by atoms with Crippen LogP contribution in [0.2, 0.25) is 5.02 Å². The van der Waals surface area contributed by atoms with E-state index in [9.17, 15) is 8.42 Å². The maximum Gasteiger partial charge on any atom is 0.250 e. The first kappa shape index (κ1) is 16.3. The highest BCUT2D eigenvalue weighted by Gasteiger charge is 2.15. The highest BCUT2D eigenvalue weighted by molar-refractivity contribution is 7.91. The van der Waals surface area contributed by atoms with Crippen molar-refractivity contribution >= 4 is 33.0 Å². The first-order valence-electron chi connectivity index (χ1n) is 6.96. The highest BCUT2D eigenvalue weighted by atomic mass is 35.5. The first-order chi connectivity index (χ1) is 11.0. The third kappa shape index (κ3) is 4.03. The number of halogens is 1. The summed E-state index contributed by atoms with van der Waals surface area (Å²) in [5.74, 6) is 0. The topological polar surface area (TPSA) is 51.1 Å². The molecule has 2 heterocycles. The molecule has 0 radical (unpaired) electrons. The molecule has 0 aliphatic rings. The average molecular weight is 367 g/mol. The molecule has 0 aliphatic heterocycles. The van der Waals surface area contributed by atoms with E-state index in [0.29, 0.717) is 15.8 Å². The van der Waals surface area contributed by atoms with Crippen molar-refractivity contribution in [3.63, 3.8) is 0 Å². The summed E-state index contributed by atoms with van der Waals surface area (Å²) in [5, 5.41) is 2.45. The van der Waals surface area contributed by atoms with Gasteiger partial charge in [0.25, 0.3) is 0 Å². The zero-order valence-electron chi connectivity index (χ0n) is 12.1. The molecule has 2 aromatic heterocycles. The van der Waals surface area contributed by atoms with Crippen LogP contribution in [0.5, 0.6) is 0 Å². The smallest absolute Gasteiger partial charge is 0.250 e. The molecule has 1 N–H and O–H groups in total. The van der Waals surface area contributed by atoms with Crippen molar-refractivity contribution in [3.8, 4) is 0 Å². The number of hydrogen-bond donors (Lipinski definition) is 1. The summed E-state index contributed by atoms with van der Waals surface area (Å²) in [5.41, 5.74) is 2.01. The molecule has 7 heteroatoms. The lowest BCUT2D eigenvalue weighted by Crippen LogP contribution is -2.23. The van der Waals surface area contributed by atoms with Gasteiger partial charge in [-0.25, -0.2) is 13.1 Å². The van der Waals surface area contributed by atoms with Gasteiger partial charge in [-0.2, -0.15) is 0 Å². The number of thiophene rings is 1. The van der Waals surface area contributed by atoms with Crippen LogP contribution in [0.15, 0.2) is 64.3 Å². The van der Waals surface area contributed by atoms with E-state index < -0.39 is 10.0 Å². The van der Waals surface area contributed by atoms with Gasteiger partial charge in [0, 0.05) is 23.5 Å². The molecule has 120 valence electrons. The number of nitrogens with one attached hydrogen (secondary N) is 1. The van der Waals surface area contributed by atoms with Gasteiger partial charge in [-0.3, -0.25) is 0 Å². The molecular formula is C16H15ClN2O2S2. The van der Waals surface area contributed by atoms with E-state index >= 15 is 0 Å². The third-order valence-electron chi connectivity index (χ3n) is 3.39. The van der Waals surface area contributed by atoms with E-state index in [-0.39, 0.29) is 6.54 Å². The second-order valence-electron chi connectivity index (χ2n) is 5.01. The van der Waals surface area contributed by atoms with Gasteiger partial charge in [0.15, 0.2) is 0 Å². The fourth-order valence-electron chi connectivity index (χ4n) is 2.21. The molecule has 1 aromatic carbocycles. The maximum atomic E-state index is 12.2. The minimum absolute atomic E-state index is 0.251. The molecular weight excluding hydrogens is 352 g/mol. The summed E-state index contributed by atoms with van der Waals surface area (Å²) in [6.07, 6.45) is 1.93. The summed E-state index contributed by atoms with van der Waals surface area (Å²) >= 11 is 7.10. The van der Waals surface area contributed by atoms with Gasteiger partial charge in [0.2, 0.25) is 10.0 Å². The number of sulfonamides is 1. The van der Waals surface area contributed by atoms with E-state index in [1.165, 1.54) is 11.3 Å². The molecule has 0 saturated carbocycles. The van der Waals surface area contributed by atoms with Crippen molar-refractivity contribution in [1.29, 1.82) is 0 Å². The average Bonchev–Trinajstić information content (AvgIpc) is 3.19. The summed E-state index contributed by atoms with van der Waals surface area (Å²) in [6, 6.07) is 14.8. The Labute approximate surface area is 144 Å². The summed E-state index contributed by atoms with van der Waals surface area (Å²) in [6.45, 7) is 0.918. The standard InChI is InChI=1S/C16H15ClN2O2S2/c17-14-7-5-13(6-8-14)12-19-9-1-3-15(19)11-18-23(20,21)16-4-2-10-22-16/h1-10,18H,11-12H2. The van der Waals surface area contributed by atoms with Gasteiger partial charge in [-0.15, -0.1) is 11.3 Å². The molecule has 0 saturated heterocycles. The van der Waals surface area contributed by atoms with Gasteiger partial charge < -0.3 is 4.57 Å². The Morgan fingerprint density at radius 2 is 1.87 bits per heavy atom. The van der Waals surface area contributed by atoms with E-state index in [1.807, 2.05) is 47.2 Å². The Morgan fingerprint density at radius 1 is 1.09 bits per heavy atom. The molecule has 0 unspecified atom stereocenters. The van der Waals surface area contributed by atoms with Crippen molar-refractivity contribution in [2.45, 2.75) is 17.3 Å². The number of aromatic nitrogens is 1. The van der Waals surface area contributed by atoms with E-state index in [4.69, 9.17) is 11.6 Å². The zero-order chi connectivity index (χ0) is 16.3. The largest absolute Gasteiger partial charge is 0.346 e. The quantitative estimate of drug-likeness (QED) is 0.722. The van der Waals surface area contributed by atoms with Gasteiger partial charge in [-0.05, 0) is 41.3 Å². The fourth-order valence-corrected chi connectivity index (χ4v) is 4.37. The monoisotopic (exact) mass is 366 g/mol. The SMILES string of the molecule is O=S(=O)(NCc1cccn1Cc1ccc(Cl)cc1)c1cccs1. The van der Waals surface area contributed by atoms with Gasteiger partial charge in [0.1, 0.15) is 4.21 Å². The third-order valence-corrected chi connectivity index (χ3v) is 6.44. The Balaban J connectivity index is 1.70. The predicted octanol–water partition coefficient (Wildman–Crippen LogP) is 3.73. The molecule has 0 amide bonds. The second kappa shape index (κ2) is 6.88. The Morgan fingerprint density at radius 3 is 2.57 bits per heavy atom. The fraction of sp³-hybridized carbons (Fsp3) is 0.125. The van der Waals surface area contributed by atoms with Crippen LogP contribution in [0.25, 0.3) is 0 Å². The predicted molar refractivity (Wildman–Crippen MR) is 93.3 cm³/mol. The zero-order valence-corrected chi connectivity index (χ0v) is 14.5. The molecule has 0 spiro atoms. The van der Waals surface area contributed by atoms with Gasteiger partial charge in [-0.1, -0.05) is 29.8 Å². The van der Waals surface area contributed by atoms with Crippen LogP contribution < -0.4 is 4.72 Å². The van der Waals surface area contributed by atoms with Crippen molar-refractivity contribution < 1.29 is 8.42 Å². The van der Waals surface area contributed by atoms with Crippen LogP contribution in [0, 0.1) is 0 Å². The normalized spacial score (nSPS) is 11.7. The van der Waals surface area contributed by atoms with Crippen molar-refractivity contribution in [1.82, 2.24) is 9.29 Å². The lowest BCUT2D eigenvalue weighted by atomic mass is 10.2. The number of hydrogen-bond acceptors (Lipinski definition) is 3. The first-order valence-corrected chi connectivity index (χ1v) is 9.70. The van der Waals surface area contributed by atoms with Gasteiger partial charge in [0.05, 0.1) is 6.54 Å². The molecule has 3 aromatic rings. The van der Waals surface area contributed by atoms with Crippen LogP contribution >= 0.6 is 22.9 Å². The lowest BCUT2D eigenvalue weighted by Gasteiger charge is -2.10. The van der Waals surface area contributed by atoms with Crippen LogP contribution in [-0.4, -0.2) is 13.0 Å². The Hall–Kier alpha value is -1.60. The number of rotatable bonds is 6. The Kier molecular flexibility index (Phi) is 4.87. The molecule has 0 aliphatic carbocycles. The summed E-state index contributed by atoms with van der Waals surface area (Å²) in [4.78, 5) is 0. The number of benzene rings is 1.